The number of rotatable bonds is 4. The number of Topliss-reactive ketones (excluding diaryl/α,β-unsaturated/α-hetero) is 1. The molecule has 0 aliphatic heterocycles. The summed E-state index contributed by atoms with van der Waals surface area (Å²) in [6.07, 6.45) is 9.54. The Bertz CT molecular complexity index is 631. The molecule has 3 heteroatoms. The van der Waals surface area contributed by atoms with E-state index < -0.39 is 0 Å². The van der Waals surface area contributed by atoms with Gasteiger partial charge in [0, 0.05) is 5.92 Å². The quantitative estimate of drug-likeness (QED) is 0.675. The van der Waals surface area contributed by atoms with Gasteiger partial charge in [-0.05, 0) is 111 Å². The van der Waals surface area contributed by atoms with Gasteiger partial charge in [-0.1, -0.05) is 27.7 Å². The summed E-state index contributed by atoms with van der Waals surface area (Å²) in [4.78, 5) is 11.8. The summed E-state index contributed by atoms with van der Waals surface area (Å²) < 4.78 is 0. The summed E-state index contributed by atoms with van der Waals surface area (Å²) in [5, 5.41) is 21.6. The number of carbonyl (C=O) groups excluding carboxylic acids is 1. The van der Waals surface area contributed by atoms with Crippen molar-refractivity contribution in [2.24, 2.45) is 52.3 Å². The normalized spacial score (nSPS) is 51.5. The SMILES string of the molecule is CC(=O)[C@@H](C)C[C@@H](C)[C@H]1CCC2C3C(O)CC4C[C@H](O)CC[C@]4(C)C3CC[C@@]21C. The first-order valence-corrected chi connectivity index (χ1v) is 12.4. The molecule has 0 saturated heterocycles. The standard InChI is InChI=1S/C26H44O3/c1-15(17(3)27)12-16(2)20-6-7-21-24-22(9-11-26(20,21)5)25(4)10-8-19(28)13-18(25)14-23(24)29/h15-16,18-24,28-29H,6-14H2,1-5H3/t15-,16+,18?,19+,20+,21?,22?,23?,24?,25-,26+/m0/s1. The third-order valence-electron chi connectivity index (χ3n) is 10.8. The molecule has 11 atom stereocenters. The summed E-state index contributed by atoms with van der Waals surface area (Å²) in [5.41, 5.74) is 0.618. The summed E-state index contributed by atoms with van der Waals surface area (Å²) in [6, 6.07) is 0. The van der Waals surface area contributed by atoms with Crippen molar-refractivity contribution in [2.75, 3.05) is 0 Å². The largest absolute Gasteiger partial charge is 0.393 e. The molecule has 0 amide bonds. The molecule has 0 bridgehead atoms. The highest BCUT2D eigenvalue weighted by Gasteiger charge is 2.62. The molecule has 5 unspecified atom stereocenters. The van der Waals surface area contributed by atoms with Crippen LogP contribution in [0, 0.1) is 52.3 Å². The van der Waals surface area contributed by atoms with Gasteiger partial charge >= 0.3 is 0 Å². The molecule has 4 aliphatic rings. The molecule has 4 rings (SSSR count). The van der Waals surface area contributed by atoms with Crippen molar-refractivity contribution in [3.8, 4) is 0 Å². The van der Waals surface area contributed by atoms with Crippen LogP contribution in [-0.4, -0.2) is 28.2 Å². The summed E-state index contributed by atoms with van der Waals surface area (Å²) in [7, 11) is 0. The van der Waals surface area contributed by atoms with Gasteiger partial charge in [0.15, 0.2) is 0 Å². The van der Waals surface area contributed by atoms with Crippen LogP contribution < -0.4 is 0 Å². The molecule has 3 nitrogen and oxygen atoms in total. The third-order valence-corrected chi connectivity index (χ3v) is 10.8. The van der Waals surface area contributed by atoms with E-state index in [1.807, 2.05) is 0 Å². The molecular formula is C26H44O3. The van der Waals surface area contributed by atoms with Crippen molar-refractivity contribution in [1.29, 1.82) is 0 Å². The number of aliphatic hydroxyl groups is 2. The van der Waals surface area contributed by atoms with Gasteiger partial charge in [-0.3, -0.25) is 4.79 Å². The van der Waals surface area contributed by atoms with E-state index in [1.165, 1.54) is 25.7 Å². The van der Waals surface area contributed by atoms with Crippen molar-refractivity contribution < 1.29 is 15.0 Å². The predicted octanol–water partition coefficient (Wildman–Crippen LogP) is 5.23. The minimum absolute atomic E-state index is 0.161. The van der Waals surface area contributed by atoms with Crippen molar-refractivity contribution >= 4 is 5.78 Å². The lowest BCUT2D eigenvalue weighted by Gasteiger charge is -2.62. The van der Waals surface area contributed by atoms with Gasteiger partial charge in [0.05, 0.1) is 12.2 Å². The molecule has 0 aromatic carbocycles. The molecule has 0 aromatic heterocycles. The second kappa shape index (κ2) is 7.62. The second-order valence-electron chi connectivity index (χ2n) is 12.2. The van der Waals surface area contributed by atoms with Crippen LogP contribution in [-0.2, 0) is 4.79 Å². The third kappa shape index (κ3) is 3.43. The molecule has 4 aliphatic carbocycles. The van der Waals surface area contributed by atoms with Crippen LogP contribution in [0.15, 0.2) is 0 Å². The van der Waals surface area contributed by atoms with Crippen molar-refractivity contribution in [1.82, 2.24) is 0 Å². The van der Waals surface area contributed by atoms with Crippen LogP contribution in [0.25, 0.3) is 0 Å². The Morgan fingerprint density at radius 3 is 2.31 bits per heavy atom. The van der Waals surface area contributed by atoms with Crippen LogP contribution in [0.5, 0.6) is 0 Å². The highest BCUT2D eigenvalue weighted by atomic mass is 16.3. The van der Waals surface area contributed by atoms with E-state index in [1.54, 1.807) is 6.92 Å². The van der Waals surface area contributed by atoms with Crippen molar-refractivity contribution in [2.45, 2.75) is 105 Å². The smallest absolute Gasteiger partial charge is 0.132 e. The number of ketones is 1. The van der Waals surface area contributed by atoms with Crippen LogP contribution in [0.3, 0.4) is 0 Å². The highest BCUT2D eigenvalue weighted by Crippen LogP contribution is 2.68. The Hall–Kier alpha value is -0.410. The molecule has 2 N–H and O–H groups in total. The fraction of sp³-hybridized carbons (Fsp3) is 0.962. The maximum Gasteiger partial charge on any atom is 0.132 e. The zero-order valence-electron chi connectivity index (χ0n) is 19.4. The molecule has 0 heterocycles. The number of carbonyl (C=O) groups is 1. The van der Waals surface area contributed by atoms with Gasteiger partial charge in [-0.2, -0.15) is 0 Å². The van der Waals surface area contributed by atoms with Crippen LogP contribution in [0.4, 0.5) is 0 Å². The first kappa shape index (κ1) is 21.8. The van der Waals surface area contributed by atoms with Gasteiger partial charge in [0.25, 0.3) is 0 Å². The molecular weight excluding hydrogens is 360 g/mol. The highest BCUT2D eigenvalue weighted by molar-refractivity contribution is 5.77. The zero-order chi connectivity index (χ0) is 21.1. The van der Waals surface area contributed by atoms with E-state index in [-0.39, 0.29) is 18.1 Å². The monoisotopic (exact) mass is 404 g/mol. The minimum atomic E-state index is -0.196. The zero-order valence-corrected chi connectivity index (χ0v) is 19.4. The van der Waals surface area contributed by atoms with Gasteiger partial charge in [0.2, 0.25) is 0 Å². The number of aliphatic hydroxyl groups excluding tert-OH is 2. The Morgan fingerprint density at radius 2 is 1.62 bits per heavy atom. The molecule has 4 saturated carbocycles. The van der Waals surface area contributed by atoms with Crippen LogP contribution >= 0.6 is 0 Å². The molecule has 166 valence electrons. The second-order valence-corrected chi connectivity index (χ2v) is 12.2. The number of hydrogen-bond donors (Lipinski definition) is 2. The Kier molecular flexibility index (Phi) is 5.73. The summed E-state index contributed by atoms with van der Waals surface area (Å²) in [5.74, 6) is 3.91. The molecule has 4 fully saturated rings. The van der Waals surface area contributed by atoms with Crippen molar-refractivity contribution in [3.05, 3.63) is 0 Å². The lowest BCUT2D eigenvalue weighted by atomic mass is 9.43. The van der Waals surface area contributed by atoms with Crippen LogP contribution in [0.1, 0.15) is 92.4 Å². The summed E-state index contributed by atoms with van der Waals surface area (Å²) >= 11 is 0. The van der Waals surface area contributed by atoms with E-state index in [4.69, 9.17) is 0 Å². The lowest BCUT2D eigenvalue weighted by molar-refractivity contribution is -0.174. The van der Waals surface area contributed by atoms with Gasteiger partial charge in [-0.25, -0.2) is 0 Å². The predicted molar refractivity (Wildman–Crippen MR) is 116 cm³/mol. The van der Waals surface area contributed by atoms with E-state index in [9.17, 15) is 15.0 Å². The van der Waals surface area contributed by atoms with Crippen molar-refractivity contribution in [3.63, 3.8) is 0 Å². The molecule has 29 heavy (non-hydrogen) atoms. The van der Waals surface area contributed by atoms with Gasteiger partial charge in [0.1, 0.15) is 5.78 Å². The van der Waals surface area contributed by atoms with E-state index in [2.05, 4.69) is 27.7 Å². The maximum absolute atomic E-state index is 11.8. The van der Waals surface area contributed by atoms with E-state index in [0.29, 0.717) is 52.1 Å². The van der Waals surface area contributed by atoms with Gasteiger partial charge < -0.3 is 10.2 Å². The van der Waals surface area contributed by atoms with Crippen LogP contribution in [0.2, 0.25) is 0 Å². The minimum Gasteiger partial charge on any atom is -0.393 e. The van der Waals surface area contributed by atoms with Gasteiger partial charge in [-0.15, -0.1) is 0 Å². The first-order chi connectivity index (χ1) is 13.6. The Labute approximate surface area is 178 Å². The topological polar surface area (TPSA) is 57.5 Å². The fourth-order valence-corrected chi connectivity index (χ4v) is 9.06. The number of hydrogen-bond acceptors (Lipinski definition) is 3. The summed E-state index contributed by atoms with van der Waals surface area (Å²) in [6.45, 7) is 11.2. The fourth-order valence-electron chi connectivity index (χ4n) is 9.06. The molecule has 0 spiro atoms. The first-order valence-electron chi connectivity index (χ1n) is 12.4. The van der Waals surface area contributed by atoms with E-state index >= 15 is 0 Å². The molecule has 0 aromatic rings. The Balaban J connectivity index is 1.56. The average Bonchev–Trinajstić information content (AvgIpc) is 3.00. The average molecular weight is 405 g/mol. The number of fused-ring (bicyclic) bond motifs is 5. The maximum atomic E-state index is 11.8. The Morgan fingerprint density at radius 1 is 0.966 bits per heavy atom. The molecule has 0 radical (unpaired) electrons. The van der Waals surface area contributed by atoms with E-state index in [0.717, 1.165) is 32.1 Å². The lowest BCUT2D eigenvalue weighted by Crippen LogP contribution is -2.58.